The van der Waals surface area contributed by atoms with Crippen molar-refractivity contribution in [1.82, 2.24) is 9.21 Å². The van der Waals surface area contributed by atoms with Crippen LogP contribution in [-0.2, 0) is 19.6 Å². The van der Waals surface area contributed by atoms with E-state index < -0.39 is 22.0 Å². The van der Waals surface area contributed by atoms with Crippen LogP contribution in [0.25, 0.3) is 0 Å². The van der Waals surface area contributed by atoms with E-state index in [-0.39, 0.29) is 41.8 Å². The molecular weight excluding hydrogens is 398 g/mol. The molecule has 0 aromatic heterocycles. The van der Waals surface area contributed by atoms with Gasteiger partial charge in [-0.05, 0) is 31.9 Å². The first-order valence-electron chi connectivity index (χ1n) is 9.25. The average Bonchev–Trinajstić information content (AvgIpc) is 3.31. The zero-order chi connectivity index (χ0) is 21.2. The number of Topliss-reactive ketones (excluding diaryl/α,β-unsaturated/α-hetero) is 1. The number of hydrogen-bond acceptors (Lipinski definition) is 6. The maximum Gasteiger partial charge on any atom is 0.332 e. The second-order valence-electron chi connectivity index (χ2n) is 6.89. The number of amides is 3. The van der Waals surface area contributed by atoms with E-state index in [4.69, 9.17) is 4.74 Å². The Morgan fingerprint density at radius 2 is 1.93 bits per heavy atom. The molecule has 156 valence electrons. The third-order valence-electron chi connectivity index (χ3n) is 4.72. The molecule has 10 heteroatoms. The second kappa shape index (κ2) is 8.34. The largest absolute Gasteiger partial charge is 0.484 e. The van der Waals surface area contributed by atoms with Crippen molar-refractivity contribution in [2.24, 2.45) is 0 Å². The first-order valence-corrected chi connectivity index (χ1v) is 10.7. The highest BCUT2D eigenvalue weighted by Gasteiger charge is 2.38. The fourth-order valence-electron chi connectivity index (χ4n) is 3.29. The van der Waals surface area contributed by atoms with E-state index in [0.717, 1.165) is 17.7 Å². The molecule has 2 fully saturated rings. The van der Waals surface area contributed by atoms with Crippen LogP contribution in [0.1, 0.15) is 19.8 Å². The van der Waals surface area contributed by atoms with E-state index >= 15 is 0 Å². The molecule has 0 radical (unpaired) electrons. The molecule has 2 heterocycles. The Kier molecular flexibility index (Phi) is 6.04. The first kappa shape index (κ1) is 21.0. The van der Waals surface area contributed by atoms with E-state index in [9.17, 15) is 22.8 Å². The third kappa shape index (κ3) is 4.18. The van der Waals surface area contributed by atoms with Crippen molar-refractivity contribution in [3.05, 3.63) is 30.9 Å². The van der Waals surface area contributed by atoms with Crippen LogP contribution in [-0.4, -0.2) is 68.1 Å². The third-order valence-corrected chi connectivity index (χ3v) is 6.62. The summed E-state index contributed by atoms with van der Waals surface area (Å²) in [6.07, 6.45) is 3.04. The van der Waals surface area contributed by atoms with Gasteiger partial charge in [-0.15, -0.1) is 6.58 Å². The van der Waals surface area contributed by atoms with Crippen molar-refractivity contribution in [3.63, 3.8) is 0 Å². The number of benzene rings is 1. The summed E-state index contributed by atoms with van der Waals surface area (Å²) >= 11 is 0. The van der Waals surface area contributed by atoms with Gasteiger partial charge < -0.3 is 4.74 Å². The van der Waals surface area contributed by atoms with Crippen LogP contribution in [0.5, 0.6) is 5.75 Å². The number of rotatable bonds is 8. The lowest BCUT2D eigenvalue weighted by molar-refractivity contribution is -0.124. The fraction of sp³-hybridized carbons (Fsp3) is 0.421. The number of carbonyl (C=O) groups is 3. The quantitative estimate of drug-likeness (QED) is 0.464. The molecule has 0 aliphatic carbocycles. The molecule has 1 aromatic carbocycles. The Labute approximate surface area is 169 Å². The van der Waals surface area contributed by atoms with Crippen LogP contribution in [0.4, 0.5) is 10.5 Å². The lowest BCUT2D eigenvalue weighted by atomic mass is 10.2. The average molecular weight is 421 g/mol. The van der Waals surface area contributed by atoms with E-state index in [0.29, 0.717) is 13.1 Å². The lowest BCUT2D eigenvalue weighted by Crippen LogP contribution is -2.33. The Bertz CT molecular complexity index is 953. The molecule has 0 unspecified atom stereocenters. The summed E-state index contributed by atoms with van der Waals surface area (Å²) in [5.74, 6) is -0.607. The predicted molar refractivity (Wildman–Crippen MR) is 105 cm³/mol. The summed E-state index contributed by atoms with van der Waals surface area (Å²) in [4.78, 5) is 38.4. The molecule has 0 spiro atoms. The molecule has 9 nitrogen and oxygen atoms in total. The number of carbonyl (C=O) groups excluding carboxylic acids is 3. The number of urea groups is 1. The predicted octanol–water partition coefficient (Wildman–Crippen LogP) is 1.39. The van der Waals surface area contributed by atoms with Gasteiger partial charge in [0.15, 0.2) is 5.78 Å². The van der Waals surface area contributed by atoms with E-state index in [1.165, 1.54) is 40.4 Å². The number of anilines is 1. The first-order chi connectivity index (χ1) is 13.8. The number of ketones is 1. The topological polar surface area (TPSA) is 104 Å². The van der Waals surface area contributed by atoms with Crippen LogP contribution >= 0.6 is 0 Å². The van der Waals surface area contributed by atoms with Crippen molar-refractivity contribution < 1.29 is 27.5 Å². The maximum absolute atomic E-state index is 12.9. The van der Waals surface area contributed by atoms with Gasteiger partial charge in [-0.25, -0.2) is 13.2 Å². The van der Waals surface area contributed by atoms with Crippen LogP contribution in [0.15, 0.2) is 35.7 Å². The number of ether oxygens (including phenoxy) is 1. The summed E-state index contributed by atoms with van der Waals surface area (Å²) in [7, 11) is -3.71. The zero-order valence-corrected chi connectivity index (χ0v) is 17.0. The van der Waals surface area contributed by atoms with Gasteiger partial charge in [0.2, 0.25) is 10.0 Å². The monoisotopic (exact) mass is 421 g/mol. The van der Waals surface area contributed by atoms with Crippen molar-refractivity contribution >= 4 is 33.4 Å². The standard InChI is InChI=1S/C19H23N3O6S/c1-3-8-21-18(24)12-22(19(21)25)16-7-6-15(11-17(16)28-13-14(2)23)29(26,27)20-9-4-5-10-20/h3,6-7,11H,1,4-5,8-10,12-13H2,2H3. The molecule has 0 N–H and O–H groups in total. The molecule has 0 bridgehead atoms. The molecule has 1 aromatic rings. The highest BCUT2D eigenvalue weighted by atomic mass is 32.2. The Balaban J connectivity index is 1.98. The second-order valence-corrected chi connectivity index (χ2v) is 8.83. The van der Waals surface area contributed by atoms with Gasteiger partial charge in [0, 0.05) is 25.7 Å². The van der Waals surface area contributed by atoms with Gasteiger partial charge in [-0.3, -0.25) is 19.4 Å². The Hall–Kier alpha value is -2.72. The Morgan fingerprint density at radius 1 is 1.24 bits per heavy atom. The molecule has 3 rings (SSSR count). The molecule has 2 aliphatic rings. The van der Waals surface area contributed by atoms with Crippen LogP contribution in [0, 0.1) is 0 Å². The van der Waals surface area contributed by atoms with E-state index in [2.05, 4.69) is 6.58 Å². The van der Waals surface area contributed by atoms with Gasteiger partial charge >= 0.3 is 6.03 Å². The minimum atomic E-state index is -3.71. The van der Waals surface area contributed by atoms with Gasteiger partial charge in [0.1, 0.15) is 18.9 Å². The van der Waals surface area contributed by atoms with Crippen molar-refractivity contribution in [2.75, 3.05) is 37.7 Å². The molecule has 0 atom stereocenters. The summed E-state index contributed by atoms with van der Waals surface area (Å²) in [6.45, 7) is 5.34. The van der Waals surface area contributed by atoms with E-state index in [1.807, 2.05) is 0 Å². The maximum atomic E-state index is 12.9. The van der Waals surface area contributed by atoms with Gasteiger partial charge in [-0.1, -0.05) is 6.08 Å². The SMILES string of the molecule is C=CCN1C(=O)CN(c2ccc(S(=O)(=O)N3CCCC3)cc2OCC(C)=O)C1=O. The van der Waals surface area contributed by atoms with Gasteiger partial charge in [0.05, 0.1) is 10.6 Å². The molecular formula is C19H23N3O6S. The summed E-state index contributed by atoms with van der Waals surface area (Å²) in [5, 5.41) is 0. The number of imide groups is 1. The minimum absolute atomic E-state index is 0.0163. The molecule has 29 heavy (non-hydrogen) atoms. The van der Waals surface area contributed by atoms with Gasteiger partial charge in [0.25, 0.3) is 5.91 Å². The van der Waals surface area contributed by atoms with Crippen LogP contribution in [0.3, 0.4) is 0 Å². The highest BCUT2D eigenvalue weighted by molar-refractivity contribution is 7.89. The van der Waals surface area contributed by atoms with Crippen LogP contribution in [0.2, 0.25) is 0 Å². The highest BCUT2D eigenvalue weighted by Crippen LogP contribution is 2.35. The van der Waals surface area contributed by atoms with Gasteiger partial charge in [-0.2, -0.15) is 4.31 Å². The number of sulfonamides is 1. The normalized spacial score (nSPS) is 17.8. The summed E-state index contributed by atoms with van der Waals surface area (Å²) in [5.41, 5.74) is 0.233. The molecule has 2 aliphatic heterocycles. The summed E-state index contributed by atoms with van der Waals surface area (Å²) in [6, 6.07) is 3.57. The number of nitrogens with zero attached hydrogens (tertiary/aromatic N) is 3. The van der Waals surface area contributed by atoms with E-state index in [1.54, 1.807) is 0 Å². The zero-order valence-electron chi connectivity index (χ0n) is 16.2. The van der Waals surface area contributed by atoms with Crippen molar-refractivity contribution in [3.8, 4) is 5.75 Å². The summed E-state index contributed by atoms with van der Waals surface area (Å²) < 4.78 is 32.6. The molecule has 3 amide bonds. The fourth-order valence-corrected chi connectivity index (χ4v) is 4.82. The molecule has 0 saturated carbocycles. The molecule has 2 saturated heterocycles. The smallest absolute Gasteiger partial charge is 0.332 e. The minimum Gasteiger partial charge on any atom is -0.484 e. The van der Waals surface area contributed by atoms with Crippen LogP contribution < -0.4 is 9.64 Å². The van der Waals surface area contributed by atoms with Crippen molar-refractivity contribution in [2.45, 2.75) is 24.7 Å². The Morgan fingerprint density at radius 3 is 2.55 bits per heavy atom. The van der Waals surface area contributed by atoms with Crippen molar-refractivity contribution in [1.29, 1.82) is 0 Å². The lowest BCUT2D eigenvalue weighted by Gasteiger charge is -2.21. The number of hydrogen-bond donors (Lipinski definition) is 0.